The van der Waals surface area contributed by atoms with E-state index in [-0.39, 0.29) is 24.6 Å². The van der Waals surface area contributed by atoms with Crippen LogP contribution in [0.1, 0.15) is 23.6 Å². The van der Waals surface area contributed by atoms with Crippen LogP contribution in [0.25, 0.3) is 0 Å². The lowest BCUT2D eigenvalue weighted by molar-refractivity contribution is -0.134. The summed E-state index contributed by atoms with van der Waals surface area (Å²) in [4.78, 5) is 17.0. The average Bonchev–Trinajstić information content (AvgIpc) is 2.68. The molecule has 1 unspecified atom stereocenters. The highest BCUT2D eigenvalue weighted by atomic mass is 16.3. The first-order valence-electron chi connectivity index (χ1n) is 9.76. The zero-order valence-corrected chi connectivity index (χ0v) is 15.5. The van der Waals surface area contributed by atoms with E-state index in [1.54, 1.807) is 0 Å². The van der Waals surface area contributed by atoms with Gasteiger partial charge in [-0.3, -0.25) is 14.6 Å². The molecule has 0 radical (unpaired) electrons. The molecule has 2 aromatic carbocycles. The summed E-state index contributed by atoms with van der Waals surface area (Å²) in [5, 5.41) is 12.3. The van der Waals surface area contributed by atoms with Crippen LogP contribution >= 0.6 is 0 Å². The van der Waals surface area contributed by atoms with Crippen LogP contribution in [0, 0.1) is 0 Å². The van der Waals surface area contributed by atoms with Gasteiger partial charge in [-0.05, 0) is 17.5 Å². The fourth-order valence-electron chi connectivity index (χ4n) is 4.38. The minimum atomic E-state index is -0.206. The Morgan fingerprint density at radius 1 is 1.00 bits per heavy atom. The Morgan fingerprint density at radius 2 is 1.59 bits per heavy atom. The quantitative estimate of drug-likeness (QED) is 0.817. The Labute approximate surface area is 160 Å². The molecule has 5 heteroatoms. The van der Waals surface area contributed by atoms with Gasteiger partial charge in [0.1, 0.15) is 0 Å². The van der Waals surface area contributed by atoms with Crippen molar-refractivity contribution in [3.8, 4) is 0 Å². The van der Waals surface area contributed by atoms with E-state index in [2.05, 4.69) is 75.8 Å². The van der Waals surface area contributed by atoms with Gasteiger partial charge in [-0.25, -0.2) is 0 Å². The highest BCUT2D eigenvalue weighted by Gasteiger charge is 2.42. The third-order valence-corrected chi connectivity index (χ3v) is 5.73. The standard InChI is InChI=1S/C22H27N3O2/c26-14-11-20-22(27)23-12-13-25(20)19-15-24(16-19)21(17-7-3-1-4-8-17)18-9-5-2-6-10-18/h1-10,19-21,26H,11-16H2,(H,23,27). The minimum absolute atomic E-state index is 0.0433. The highest BCUT2D eigenvalue weighted by Crippen LogP contribution is 2.34. The summed E-state index contributed by atoms with van der Waals surface area (Å²) >= 11 is 0. The fraction of sp³-hybridized carbons (Fsp3) is 0.409. The number of aliphatic hydroxyl groups is 1. The molecule has 2 aromatic rings. The van der Waals surface area contributed by atoms with Crippen molar-refractivity contribution in [3.05, 3.63) is 71.8 Å². The van der Waals surface area contributed by atoms with Gasteiger partial charge < -0.3 is 10.4 Å². The second kappa shape index (κ2) is 8.21. The lowest BCUT2D eigenvalue weighted by Crippen LogP contribution is -2.67. The van der Waals surface area contributed by atoms with Gasteiger partial charge in [-0.15, -0.1) is 0 Å². The van der Waals surface area contributed by atoms with Gasteiger partial charge in [0, 0.05) is 38.8 Å². The molecule has 0 saturated carbocycles. The maximum atomic E-state index is 12.2. The van der Waals surface area contributed by atoms with E-state index in [4.69, 9.17) is 0 Å². The molecule has 2 fully saturated rings. The molecule has 1 atom stereocenters. The first-order chi connectivity index (χ1) is 13.3. The van der Waals surface area contributed by atoms with Crippen LogP contribution in [0.3, 0.4) is 0 Å². The van der Waals surface area contributed by atoms with Crippen LogP contribution in [-0.4, -0.2) is 65.7 Å². The Balaban J connectivity index is 1.51. The van der Waals surface area contributed by atoms with Crippen LogP contribution in [0.2, 0.25) is 0 Å². The van der Waals surface area contributed by atoms with E-state index in [1.807, 2.05) is 0 Å². The average molecular weight is 365 g/mol. The Morgan fingerprint density at radius 3 is 2.15 bits per heavy atom. The van der Waals surface area contributed by atoms with Gasteiger partial charge >= 0.3 is 0 Å². The molecule has 2 aliphatic heterocycles. The molecule has 1 amide bonds. The molecule has 0 bridgehead atoms. The molecule has 0 spiro atoms. The Bertz CT molecular complexity index is 707. The first kappa shape index (κ1) is 18.2. The van der Waals surface area contributed by atoms with Crippen molar-refractivity contribution < 1.29 is 9.90 Å². The van der Waals surface area contributed by atoms with Crippen molar-refractivity contribution in [1.29, 1.82) is 0 Å². The molecular weight excluding hydrogens is 338 g/mol. The number of hydrogen-bond acceptors (Lipinski definition) is 4. The number of benzene rings is 2. The monoisotopic (exact) mass is 365 g/mol. The summed E-state index contributed by atoms with van der Waals surface area (Å²) in [6.45, 7) is 3.46. The molecule has 5 nitrogen and oxygen atoms in total. The number of nitrogens with zero attached hydrogens (tertiary/aromatic N) is 2. The maximum absolute atomic E-state index is 12.2. The van der Waals surface area contributed by atoms with Crippen LogP contribution in [0.5, 0.6) is 0 Å². The third-order valence-electron chi connectivity index (χ3n) is 5.73. The van der Waals surface area contributed by atoms with E-state index < -0.39 is 0 Å². The number of nitrogens with one attached hydrogen (secondary N) is 1. The molecule has 0 aliphatic carbocycles. The predicted octanol–water partition coefficient (Wildman–Crippen LogP) is 1.64. The molecule has 142 valence electrons. The number of carbonyl (C=O) groups is 1. The summed E-state index contributed by atoms with van der Waals surface area (Å²) in [5.74, 6) is 0.0522. The van der Waals surface area contributed by atoms with Gasteiger partial charge in [-0.2, -0.15) is 0 Å². The second-order valence-corrected chi connectivity index (χ2v) is 7.39. The Hall–Kier alpha value is -2.21. The normalized spacial score (nSPS) is 21.9. The minimum Gasteiger partial charge on any atom is -0.396 e. The van der Waals surface area contributed by atoms with Crippen molar-refractivity contribution in [2.75, 3.05) is 32.8 Å². The predicted molar refractivity (Wildman–Crippen MR) is 105 cm³/mol. The molecule has 2 N–H and O–H groups in total. The SMILES string of the molecule is O=C1NCCN(C2CN(C(c3ccccc3)c3ccccc3)C2)C1CCO. The van der Waals surface area contributed by atoms with Crippen molar-refractivity contribution in [2.24, 2.45) is 0 Å². The van der Waals surface area contributed by atoms with Crippen LogP contribution in [-0.2, 0) is 4.79 Å². The van der Waals surface area contributed by atoms with Crippen LogP contribution in [0.15, 0.2) is 60.7 Å². The van der Waals surface area contributed by atoms with E-state index in [9.17, 15) is 9.90 Å². The number of piperazine rings is 1. The number of rotatable bonds is 6. The molecular formula is C22H27N3O2. The molecule has 2 saturated heterocycles. The van der Waals surface area contributed by atoms with Gasteiger partial charge in [0.25, 0.3) is 0 Å². The zero-order valence-electron chi connectivity index (χ0n) is 15.5. The second-order valence-electron chi connectivity index (χ2n) is 7.39. The van der Waals surface area contributed by atoms with Crippen LogP contribution < -0.4 is 5.32 Å². The molecule has 27 heavy (non-hydrogen) atoms. The number of likely N-dealkylation sites (tertiary alicyclic amines) is 1. The van der Waals surface area contributed by atoms with E-state index in [0.717, 1.165) is 19.6 Å². The molecule has 4 rings (SSSR count). The lowest BCUT2D eigenvalue weighted by Gasteiger charge is -2.52. The number of amides is 1. The van der Waals surface area contributed by atoms with Crippen molar-refractivity contribution >= 4 is 5.91 Å². The number of carbonyl (C=O) groups excluding carboxylic acids is 1. The summed E-state index contributed by atoms with van der Waals surface area (Å²) in [7, 11) is 0. The zero-order chi connectivity index (χ0) is 18.6. The summed E-state index contributed by atoms with van der Waals surface area (Å²) in [5.41, 5.74) is 2.59. The Kier molecular flexibility index (Phi) is 5.53. The first-order valence-corrected chi connectivity index (χ1v) is 9.76. The topological polar surface area (TPSA) is 55.8 Å². The molecule has 0 aromatic heterocycles. The largest absolute Gasteiger partial charge is 0.396 e. The van der Waals surface area contributed by atoms with E-state index in [0.29, 0.717) is 19.0 Å². The van der Waals surface area contributed by atoms with Crippen molar-refractivity contribution in [2.45, 2.75) is 24.5 Å². The van der Waals surface area contributed by atoms with Gasteiger partial charge in [0.15, 0.2) is 0 Å². The maximum Gasteiger partial charge on any atom is 0.237 e. The lowest BCUT2D eigenvalue weighted by atomic mass is 9.91. The third kappa shape index (κ3) is 3.76. The van der Waals surface area contributed by atoms with Gasteiger partial charge in [0.05, 0.1) is 12.1 Å². The molecule has 2 heterocycles. The number of aliphatic hydroxyl groups excluding tert-OH is 1. The summed E-state index contributed by atoms with van der Waals surface area (Å²) in [6.07, 6.45) is 0.503. The number of hydrogen-bond donors (Lipinski definition) is 2. The van der Waals surface area contributed by atoms with Crippen molar-refractivity contribution in [3.63, 3.8) is 0 Å². The molecule has 2 aliphatic rings. The van der Waals surface area contributed by atoms with E-state index in [1.165, 1.54) is 11.1 Å². The highest BCUT2D eigenvalue weighted by molar-refractivity contribution is 5.82. The van der Waals surface area contributed by atoms with E-state index >= 15 is 0 Å². The fourth-order valence-corrected chi connectivity index (χ4v) is 4.38. The summed E-state index contributed by atoms with van der Waals surface area (Å²) < 4.78 is 0. The van der Waals surface area contributed by atoms with Gasteiger partial charge in [0.2, 0.25) is 5.91 Å². The van der Waals surface area contributed by atoms with Crippen molar-refractivity contribution in [1.82, 2.24) is 15.1 Å². The van der Waals surface area contributed by atoms with Gasteiger partial charge in [-0.1, -0.05) is 60.7 Å². The smallest absolute Gasteiger partial charge is 0.237 e. The summed E-state index contributed by atoms with van der Waals surface area (Å²) in [6, 6.07) is 21.6. The van der Waals surface area contributed by atoms with Crippen LogP contribution in [0.4, 0.5) is 0 Å².